The minimum Gasteiger partial charge on any atom is -0.432 e. The number of anilines is 1. The zero-order valence-electron chi connectivity index (χ0n) is 17.7. The van der Waals surface area contributed by atoms with E-state index in [-0.39, 0.29) is 34.3 Å². The highest BCUT2D eigenvalue weighted by Crippen LogP contribution is 2.47. The van der Waals surface area contributed by atoms with Crippen LogP contribution in [0.25, 0.3) is 20.8 Å². The van der Waals surface area contributed by atoms with E-state index in [4.69, 9.17) is 9.26 Å². The maximum absolute atomic E-state index is 14.6. The molecule has 2 aliphatic heterocycles. The van der Waals surface area contributed by atoms with Crippen LogP contribution in [0.15, 0.2) is 22.7 Å². The molecule has 12 heteroatoms. The number of alkyl halides is 3. The van der Waals surface area contributed by atoms with E-state index in [0.29, 0.717) is 41.6 Å². The van der Waals surface area contributed by atoms with Crippen LogP contribution in [0.5, 0.6) is 5.75 Å². The van der Waals surface area contributed by atoms with Crippen LogP contribution in [-0.4, -0.2) is 59.9 Å². The first kappa shape index (κ1) is 22.0. The number of amides is 1. The van der Waals surface area contributed by atoms with Crippen molar-refractivity contribution in [2.24, 2.45) is 0 Å². The molecule has 0 saturated carbocycles. The van der Waals surface area contributed by atoms with E-state index in [0.717, 1.165) is 6.54 Å². The summed E-state index contributed by atoms with van der Waals surface area (Å²) in [6.07, 6.45) is 0.430. The Balaban J connectivity index is 1.51. The van der Waals surface area contributed by atoms with E-state index < -0.39 is 18.8 Å². The molecule has 4 heterocycles. The van der Waals surface area contributed by atoms with Crippen molar-refractivity contribution in [1.29, 1.82) is 0 Å². The van der Waals surface area contributed by atoms with Crippen LogP contribution in [0.3, 0.4) is 0 Å². The van der Waals surface area contributed by atoms with Crippen LogP contribution in [0, 0.1) is 0 Å². The van der Waals surface area contributed by atoms with Crippen LogP contribution >= 0.6 is 11.3 Å². The summed E-state index contributed by atoms with van der Waals surface area (Å²) in [7, 11) is 1.87. The third-order valence-electron chi connectivity index (χ3n) is 5.90. The Labute approximate surface area is 191 Å². The van der Waals surface area contributed by atoms with E-state index in [1.54, 1.807) is 18.2 Å². The van der Waals surface area contributed by atoms with E-state index in [1.165, 1.54) is 11.3 Å². The molecule has 0 aliphatic carbocycles. The van der Waals surface area contributed by atoms with Gasteiger partial charge in [0.05, 0.1) is 16.4 Å². The molecule has 1 aromatic carbocycles. The van der Waals surface area contributed by atoms with Gasteiger partial charge in [-0.05, 0) is 32.0 Å². The molecule has 2 saturated heterocycles. The molecule has 33 heavy (non-hydrogen) atoms. The zero-order chi connectivity index (χ0) is 23.1. The van der Waals surface area contributed by atoms with Crippen molar-refractivity contribution < 1.29 is 27.2 Å². The number of fused-ring (bicyclic) bond motifs is 1. The number of aromatic nitrogens is 2. The van der Waals surface area contributed by atoms with Crippen molar-refractivity contribution in [2.45, 2.75) is 44.1 Å². The number of ether oxygens (including phenoxy) is 1. The number of benzene rings is 1. The second-order valence-electron chi connectivity index (χ2n) is 8.25. The Morgan fingerprint density at radius 2 is 2.21 bits per heavy atom. The van der Waals surface area contributed by atoms with Crippen LogP contribution in [-0.2, 0) is 4.79 Å². The number of carbonyl (C=O) groups excluding carboxylic acids is 1. The molecular weight excluding hydrogens is 459 g/mol. The highest BCUT2D eigenvalue weighted by atomic mass is 32.1. The van der Waals surface area contributed by atoms with Crippen molar-refractivity contribution in [3.8, 4) is 16.5 Å². The Hall–Kier alpha value is -2.86. The molecule has 2 N–H and O–H groups in total. The fourth-order valence-electron chi connectivity index (χ4n) is 4.25. The van der Waals surface area contributed by atoms with Gasteiger partial charge in [0.2, 0.25) is 17.6 Å². The molecule has 0 spiro atoms. The summed E-state index contributed by atoms with van der Waals surface area (Å²) >= 11 is 1.17. The second kappa shape index (κ2) is 8.82. The first-order chi connectivity index (χ1) is 15.9. The summed E-state index contributed by atoms with van der Waals surface area (Å²) in [5.41, 5.74) is 0.631. The van der Waals surface area contributed by atoms with Crippen molar-refractivity contribution in [3.05, 3.63) is 24.1 Å². The molecule has 1 amide bonds. The summed E-state index contributed by atoms with van der Waals surface area (Å²) in [5.74, 6) is 0.133. The van der Waals surface area contributed by atoms with Gasteiger partial charge in [-0.2, -0.15) is 13.8 Å². The van der Waals surface area contributed by atoms with Gasteiger partial charge in [-0.25, -0.2) is 4.39 Å². The van der Waals surface area contributed by atoms with E-state index in [2.05, 4.69) is 20.8 Å². The van der Waals surface area contributed by atoms with Gasteiger partial charge >= 0.3 is 6.61 Å². The van der Waals surface area contributed by atoms with Crippen molar-refractivity contribution in [2.75, 3.05) is 25.5 Å². The lowest BCUT2D eigenvalue weighted by Crippen LogP contribution is -2.46. The Kier molecular flexibility index (Phi) is 5.87. The number of piperidine rings is 1. The lowest BCUT2D eigenvalue weighted by atomic mass is 10.0. The van der Waals surface area contributed by atoms with Crippen LogP contribution in [0.4, 0.5) is 18.9 Å². The maximum atomic E-state index is 14.6. The lowest BCUT2D eigenvalue weighted by Gasteiger charge is -2.33. The largest absolute Gasteiger partial charge is 0.432 e. The average Bonchev–Trinajstić information content (AvgIpc) is 3.49. The highest BCUT2D eigenvalue weighted by molar-refractivity contribution is 7.23. The molecule has 8 nitrogen and oxygen atoms in total. The third-order valence-corrected chi connectivity index (χ3v) is 7.12. The summed E-state index contributed by atoms with van der Waals surface area (Å²) in [4.78, 5) is 18.0. The number of nitrogens with one attached hydrogen (secondary N) is 2. The van der Waals surface area contributed by atoms with Gasteiger partial charge in [-0.3, -0.25) is 4.79 Å². The van der Waals surface area contributed by atoms with Crippen LogP contribution in [0.2, 0.25) is 0 Å². The number of halogens is 3. The van der Waals surface area contributed by atoms with Gasteiger partial charge in [-0.15, -0.1) is 11.3 Å². The first-order valence-corrected chi connectivity index (χ1v) is 11.4. The highest BCUT2D eigenvalue weighted by Gasteiger charge is 2.31. The fraction of sp³-hybridized carbons (Fsp3) is 0.476. The quantitative estimate of drug-likeness (QED) is 0.551. The molecule has 3 unspecified atom stereocenters. The molecule has 2 aromatic heterocycles. The van der Waals surface area contributed by atoms with Crippen molar-refractivity contribution >= 4 is 33.0 Å². The zero-order valence-corrected chi connectivity index (χ0v) is 18.5. The summed E-state index contributed by atoms with van der Waals surface area (Å²) < 4.78 is 51.9. The van der Waals surface area contributed by atoms with Gasteiger partial charge in [0.15, 0.2) is 5.75 Å². The van der Waals surface area contributed by atoms with Gasteiger partial charge in [0.1, 0.15) is 17.1 Å². The molecule has 0 bridgehead atoms. The topological polar surface area (TPSA) is 92.5 Å². The van der Waals surface area contributed by atoms with Crippen molar-refractivity contribution in [1.82, 2.24) is 20.4 Å². The van der Waals surface area contributed by atoms with Gasteiger partial charge in [0.25, 0.3) is 0 Å². The lowest BCUT2D eigenvalue weighted by molar-refractivity contribution is -0.119. The molecular formula is C21H22F3N5O3S. The Morgan fingerprint density at radius 1 is 1.36 bits per heavy atom. The average molecular weight is 482 g/mol. The smallest absolute Gasteiger partial charge is 0.387 e. The Bertz CT molecular complexity index is 1170. The van der Waals surface area contributed by atoms with E-state index in [9.17, 15) is 18.0 Å². The van der Waals surface area contributed by atoms with Crippen LogP contribution in [0.1, 0.15) is 31.2 Å². The molecule has 3 aromatic rings. The minimum atomic E-state index is -3.05. The Morgan fingerprint density at radius 3 is 2.94 bits per heavy atom. The standard InChI is InChI=1S/C21H22F3N5O3S/c1-29-8-7-12(11(22)9-29)25-13-4-2-3-10-16(31-21(23)24)18(33-17(10)13)19-27-20(32-28-19)14-5-6-15(30)26-14/h2-4,11-12,14,21,25H,5-9H2,1H3,(H,26,30). The fourth-order valence-corrected chi connectivity index (χ4v) is 5.39. The second-order valence-corrected chi connectivity index (χ2v) is 9.27. The predicted molar refractivity (Wildman–Crippen MR) is 116 cm³/mol. The van der Waals surface area contributed by atoms with Gasteiger partial charge < -0.3 is 24.8 Å². The molecule has 2 aliphatic rings. The van der Waals surface area contributed by atoms with Gasteiger partial charge in [-0.1, -0.05) is 11.2 Å². The summed E-state index contributed by atoms with van der Waals surface area (Å²) in [5, 5.41) is 10.4. The molecule has 0 radical (unpaired) electrons. The number of carbonyl (C=O) groups is 1. The van der Waals surface area contributed by atoms with E-state index >= 15 is 0 Å². The third kappa shape index (κ3) is 4.36. The predicted octanol–water partition coefficient (Wildman–Crippen LogP) is 3.96. The maximum Gasteiger partial charge on any atom is 0.387 e. The molecule has 176 valence electrons. The normalized spacial score (nSPS) is 23.9. The van der Waals surface area contributed by atoms with Crippen molar-refractivity contribution in [3.63, 3.8) is 0 Å². The first-order valence-electron chi connectivity index (χ1n) is 10.6. The molecule has 5 rings (SSSR count). The monoisotopic (exact) mass is 481 g/mol. The minimum absolute atomic E-state index is 0.0587. The molecule has 3 atom stereocenters. The number of hydrogen-bond acceptors (Lipinski definition) is 8. The number of hydrogen-bond donors (Lipinski definition) is 2. The summed E-state index contributed by atoms with van der Waals surface area (Å²) in [6, 6.07) is 4.36. The summed E-state index contributed by atoms with van der Waals surface area (Å²) in [6.45, 7) is -1.97. The molecule has 2 fully saturated rings. The number of thiophene rings is 1. The van der Waals surface area contributed by atoms with Gasteiger partial charge in [0, 0.05) is 24.9 Å². The number of rotatable bonds is 6. The SMILES string of the molecule is CN1CCC(Nc2cccc3c(OC(F)F)c(-c4noc(C5CCC(=O)N5)n4)sc23)C(F)C1. The number of likely N-dealkylation sites (tertiary alicyclic amines) is 1. The van der Waals surface area contributed by atoms with E-state index in [1.807, 2.05) is 11.9 Å². The van der Waals surface area contributed by atoms with Crippen LogP contribution < -0.4 is 15.4 Å². The number of nitrogens with zero attached hydrogens (tertiary/aromatic N) is 3.